The summed E-state index contributed by atoms with van der Waals surface area (Å²) in [5, 5.41) is 3.19. The summed E-state index contributed by atoms with van der Waals surface area (Å²) in [5.41, 5.74) is 2.93. The van der Waals surface area contributed by atoms with Gasteiger partial charge < -0.3 is 4.74 Å². The fraction of sp³-hybridized carbons (Fsp3) is 0.111. The van der Waals surface area contributed by atoms with Gasteiger partial charge in [-0.05, 0) is 25.1 Å². The van der Waals surface area contributed by atoms with Gasteiger partial charge in [-0.2, -0.15) is 0 Å². The Morgan fingerprint density at radius 2 is 2.04 bits per heavy atom. The van der Waals surface area contributed by atoms with E-state index in [4.69, 9.17) is 16.3 Å². The molecule has 0 aliphatic carbocycles. The first-order chi connectivity index (χ1) is 11.1. The number of aryl methyl sites for hydroxylation is 1. The van der Waals surface area contributed by atoms with Gasteiger partial charge in [0.15, 0.2) is 0 Å². The van der Waals surface area contributed by atoms with Gasteiger partial charge in [0.05, 0.1) is 17.1 Å². The van der Waals surface area contributed by atoms with Gasteiger partial charge in [-0.1, -0.05) is 47.5 Å². The lowest BCUT2D eigenvalue weighted by Crippen LogP contribution is -2.11. The van der Waals surface area contributed by atoms with E-state index in [1.807, 2.05) is 30.5 Å². The summed E-state index contributed by atoms with van der Waals surface area (Å²) in [4.78, 5) is 16.5. The Morgan fingerprint density at radius 3 is 2.83 bits per heavy atom. The molecule has 0 aliphatic heterocycles. The van der Waals surface area contributed by atoms with Gasteiger partial charge in [0.2, 0.25) is 0 Å². The second kappa shape index (κ2) is 6.94. The van der Waals surface area contributed by atoms with Gasteiger partial charge in [0.25, 0.3) is 0 Å². The van der Waals surface area contributed by atoms with E-state index in [0.717, 1.165) is 10.6 Å². The van der Waals surface area contributed by atoms with E-state index >= 15 is 0 Å². The van der Waals surface area contributed by atoms with Crippen LogP contribution in [0.5, 0.6) is 5.75 Å². The maximum atomic E-state index is 12.0. The van der Waals surface area contributed by atoms with E-state index in [-0.39, 0.29) is 12.4 Å². The quantitative estimate of drug-likeness (QED) is 0.498. The highest BCUT2D eigenvalue weighted by Gasteiger charge is 2.12. The molecule has 0 fully saturated rings. The van der Waals surface area contributed by atoms with Gasteiger partial charge in [-0.25, -0.2) is 4.98 Å². The maximum Gasteiger partial charge on any atom is 0.317 e. The molecule has 0 saturated carbocycles. The summed E-state index contributed by atoms with van der Waals surface area (Å²) < 4.78 is 5.28. The standard InChI is InChI=1S/C18H14ClNO2S/c1-12-5-4-6-13(9-12)18-20-14(11-23-18)10-17(21)22-16-8-3-2-7-15(16)19/h2-9,11H,10H2,1H3. The van der Waals surface area contributed by atoms with Crippen molar-refractivity contribution in [2.24, 2.45) is 0 Å². The molecule has 5 heteroatoms. The van der Waals surface area contributed by atoms with Crippen molar-refractivity contribution < 1.29 is 9.53 Å². The maximum absolute atomic E-state index is 12.0. The number of nitrogens with zero attached hydrogens (tertiary/aromatic N) is 1. The minimum atomic E-state index is -0.376. The summed E-state index contributed by atoms with van der Waals surface area (Å²) >= 11 is 7.50. The lowest BCUT2D eigenvalue weighted by molar-refractivity contribution is -0.133. The molecule has 0 unspecified atom stereocenters. The predicted octanol–water partition coefficient (Wildman–Crippen LogP) is 4.92. The first kappa shape index (κ1) is 15.7. The van der Waals surface area contributed by atoms with Gasteiger partial charge in [-0.3, -0.25) is 4.79 Å². The number of para-hydroxylation sites is 1. The van der Waals surface area contributed by atoms with Crippen LogP contribution in [-0.4, -0.2) is 11.0 Å². The second-order valence-corrected chi connectivity index (χ2v) is 6.36. The van der Waals surface area contributed by atoms with Crippen molar-refractivity contribution in [3.8, 4) is 16.3 Å². The molecule has 1 heterocycles. The molecule has 2 aromatic carbocycles. The molecule has 0 aliphatic rings. The van der Waals surface area contributed by atoms with Crippen LogP contribution in [0.4, 0.5) is 0 Å². The van der Waals surface area contributed by atoms with Crippen LogP contribution in [0.1, 0.15) is 11.3 Å². The van der Waals surface area contributed by atoms with Crippen LogP contribution >= 0.6 is 22.9 Å². The highest BCUT2D eigenvalue weighted by atomic mass is 35.5. The molecule has 0 radical (unpaired) electrons. The highest BCUT2D eigenvalue weighted by Crippen LogP contribution is 2.26. The second-order valence-electron chi connectivity index (χ2n) is 5.09. The van der Waals surface area contributed by atoms with E-state index in [1.54, 1.807) is 24.3 Å². The van der Waals surface area contributed by atoms with Crippen molar-refractivity contribution in [3.05, 3.63) is 70.2 Å². The largest absolute Gasteiger partial charge is 0.425 e. The van der Waals surface area contributed by atoms with Crippen molar-refractivity contribution >= 4 is 28.9 Å². The molecular formula is C18H14ClNO2S. The Hall–Kier alpha value is -2.17. The summed E-state index contributed by atoms with van der Waals surface area (Å²) in [6.45, 7) is 2.04. The number of ether oxygens (including phenoxy) is 1. The predicted molar refractivity (Wildman–Crippen MR) is 93.1 cm³/mol. The molecule has 0 amide bonds. The number of thiazole rings is 1. The summed E-state index contributed by atoms with van der Waals surface area (Å²) in [5.74, 6) is -0.00695. The van der Waals surface area contributed by atoms with Crippen LogP contribution in [0.3, 0.4) is 0 Å². The van der Waals surface area contributed by atoms with Crippen LogP contribution in [0, 0.1) is 6.92 Å². The van der Waals surface area contributed by atoms with E-state index in [1.165, 1.54) is 16.9 Å². The zero-order valence-electron chi connectivity index (χ0n) is 12.5. The highest BCUT2D eigenvalue weighted by molar-refractivity contribution is 7.13. The number of hydrogen-bond acceptors (Lipinski definition) is 4. The summed E-state index contributed by atoms with van der Waals surface area (Å²) in [6, 6.07) is 15.0. The summed E-state index contributed by atoms with van der Waals surface area (Å²) in [7, 11) is 0. The first-order valence-electron chi connectivity index (χ1n) is 7.08. The lowest BCUT2D eigenvalue weighted by Gasteiger charge is -2.04. The fourth-order valence-corrected chi connectivity index (χ4v) is 3.12. The van der Waals surface area contributed by atoms with Crippen LogP contribution in [0.25, 0.3) is 10.6 Å². The van der Waals surface area contributed by atoms with Crippen molar-refractivity contribution in [1.29, 1.82) is 0 Å². The smallest absolute Gasteiger partial charge is 0.317 e. The molecule has 0 N–H and O–H groups in total. The van der Waals surface area contributed by atoms with E-state index in [2.05, 4.69) is 11.1 Å². The molecule has 0 bridgehead atoms. The fourth-order valence-electron chi connectivity index (χ4n) is 2.13. The average molecular weight is 344 g/mol. The Kier molecular flexibility index (Phi) is 4.74. The van der Waals surface area contributed by atoms with Crippen LogP contribution < -0.4 is 4.74 Å². The van der Waals surface area contributed by atoms with Crippen LogP contribution in [0.2, 0.25) is 5.02 Å². The third-order valence-electron chi connectivity index (χ3n) is 3.20. The van der Waals surface area contributed by atoms with Crippen LogP contribution in [0.15, 0.2) is 53.9 Å². The minimum absolute atomic E-state index is 0.119. The number of carbonyl (C=O) groups excluding carboxylic acids is 1. The molecule has 116 valence electrons. The topological polar surface area (TPSA) is 39.2 Å². The molecule has 0 atom stereocenters. The molecule has 3 aromatic rings. The monoisotopic (exact) mass is 343 g/mol. The number of aromatic nitrogens is 1. The van der Waals surface area contributed by atoms with E-state index in [9.17, 15) is 4.79 Å². The Balaban J connectivity index is 1.69. The number of esters is 1. The number of halogens is 1. The van der Waals surface area contributed by atoms with Gasteiger partial charge in [0.1, 0.15) is 10.8 Å². The van der Waals surface area contributed by atoms with Gasteiger partial charge >= 0.3 is 5.97 Å². The molecule has 0 saturated heterocycles. The number of carbonyl (C=O) groups is 1. The number of hydrogen-bond donors (Lipinski definition) is 0. The molecule has 3 rings (SSSR count). The van der Waals surface area contributed by atoms with Gasteiger partial charge in [0, 0.05) is 10.9 Å². The molecule has 23 heavy (non-hydrogen) atoms. The van der Waals surface area contributed by atoms with Crippen LogP contribution in [-0.2, 0) is 11.2 Å². The first-order valence-corrected chi connectivity index (χ1v) is 8.34. The minimum Gasteiger partial charge on any atom is -0.425 e. The third-order valence-corrected chi connectivity index (χ3v) is 4.46. The van der Waals surface area contributed by atoms with Crippen molar-refractivity contribution in [1.82, 2.24) is 4.98 Å². The summed E-state index contributed by atoms with van der Waals surface area (Å²) in [6.07, 6.45) is 0.119. The van der Waals surface area contributed by atoms with Crippen molar-refractivity contribution in [2.75, 3.05) is 0 Å². The third kappa shape index (κ3) is 3.97. The number of benzene rings is 2. The number of rotatable bonds is 4. The molecular weight excluding hydrogens is 330 g/mol. The average Bonchev–Trinajstić information content (AvgIpc) is 2.98. The zero-order chi connectivity index (χ0) is 16.2. The molecule has 1 aromatic heterocycles. The zero-order valence-corrected chi connectivity index (χ0v) is 14.0. The Labute approximate surface area is 143 Å². The van der Waals surface area contributed by atoms with Gasteiger partial charge in [-0.15, -0.1) is 11.3 Å². The molecule has 3 nitrogen and oxygen atoms in total. The van der Waals surface area contributed by atoms with Crippen molar-refractivity contribution in [2.45, 2.75) is 13.3 Å². The normalized spacial score (nSPS) is 10.5. The lowest BCUT2D eigenvalue weighted by atomic mass is 10.1. The Bertz CT molecular complexity index is 844. The SMILES string of the molecule is Cc1cccc(-c2nc(CC(=O)Oc3ccccc3Cl)cs2)c1. The molecule has 0 spiro atoms. The van der Waals surface area contributed by atoms with E-state index in [0.29, 0.717) is 16.5 Å². The van der Waals surface area contributed by atoms with Crippen molar-refractivity contribution in [3.63, 3.8) is 0 Å². The Morgan fingerprint density at radius 1 is 1.22 bits per heavy atom. The van der Waals surface area contributed by atoms with E-state index < -0.39 is 0 Å².